The normalized spacial score (nSPS) is 15.3. The van der Waals surface area contributed by atoms with Gasteiger partial charge in [0.2, 0.25) is 12.1 Å². The number of aldehydes is 1. The van der Waals surface area contributed by atoms with Crippen LogP contribution in [0.25, 0.3) is 16.3 Å². The number of rotatable bonds is 5. The molecule has 11 heteroatoms. The van der Waals surface area contributed by atoms with Gasteiger partial charge in [0.05, 0.1) is 16.8 Å². The number of nitrogens with zero attached hydrogens (tertiary/aromatic N) is 2. The third-order valence-corrected chi connectivity index (χ3v) is 6.99. The maximum Gasteiger partial charge on any atom is 0.283 e. The zero-order valence-corrected chi connectivity index (χ0v) is 17.0. The number of carbonyl (C=O) groups is 1. The summed E-state index contributed by atoms with van der Waals surface area (Å²) in [5, 5.41) is 1.00. The van der Waals surface area contributed by atoms with Gasteiger partial charge in [-0.05, 0) is 30.3 Å². The molecule has 2 heterocycles. The standard InChI is InChI=1S/C18H12F2N2O4S3/c19-11-1-3-15-13(7-11)21(5-6-23)17(27-15)9-18-22(10-29(24,25)26)14-8-12(20)2-4-16(14)28-18/h1-4,6-9H,5,10H2/p+1. The molecule has 0 spiro atoms. The molecule has 1 aliphatic rings. The number of halogens is 2. The van der Waals surface area contributed by atoms with Gasteiger partial charge in [-0.1, -0.05) is 23.1 Å². The minimum Gasteiger partial charge on any atom is -0.317 e. The highest BCUT2D eigenvalue weighted by molar-refractivity contribution is 8.04. The number of aromatic nitrogens is 1. The van der Waals surface area contributed by atoms with Gasteiger partial charge in [0.1, 0.15) is 16.3 Å². The lowest BCUT2D eigenvalue weighted by Gasteiger charge is -2.18. The Balaban J connectivity index is 1.86. The van der Waals surface area contributed by atoms with Crippen molar-refractivity contribution in [1.82, 2.24) is 0 Å². The first-order valence-electron chi connectivity index (χ1n) is 8.22. The van der Waals surface area contributed by atoms with Gasteiger partial charge in [-0.2, -0.15) is 13.0 Å². The number of fused-ring (bicyclic) bond motifs is 2. The molecular weight excluding hydrogens is 442 g/mol. The Morgan fingerprint density at radius 2 is 1.86 bits per heavy atom. The van der Waals surface area contributed by atoms with Crippen LogP contribution in [0.5, 0.6) is 0 Å². The second kappa shape index (κ2) is 7.48. The Kier molecular flexibility index (Phi) is 5.15. The number of carbonyl (C=O) groups excluding carboxylic acids is 1. The van der Waals surface area contributed by atoms with Gasteiger partial charge in [-0.15, -0.1) is 0 Å². The lowest BCUT2D eigenvalue weighted by Crippen LogP contribution is -2.36. The summed E-state index contributed by atoms with van der Waals surface area (Å²) in [5.74, 6) is -1.74. The van der Waals surface area contributed by atoms with Crippen molar-refractivity contribution < 1.29 is 31.1 Å². The molecule has 4 rings (SSSR count). The topological polar surface area (TPSA) is 78.6 Å². The summed E-state index contributed by atoms with van der Waals surface area (Å²) in [6.45, 7) is -0.0207. The Hall–Kier alpha value is -2.34. The van der Waals surface area contributed by atoms with E-state index in [1.807, 2.05) is 0 Å². The molecule has 6 nitrogen and oxygen atoms in total. The highest BCUT2D eigenvalue weighted by Crippen LogP contribution is 2.47. The molecule has 150 valence electrons. The molecule has 2 aromatic carbocycles. The first-order chi connectivity index (χ1) is 13.7. The van der Waals surface area contributed by atoms with Gasteiger partial charge in [-0.3, -0.25) is 9.35 Å². The van der Waals surface area contributed by atoms with E-state index >= 15 is 0 Å². The van der Waals surface area contributed by atoms with Crippen molar-refractivity contribution >= 4 is 61.5 Å². The van der Waals surface area contributed by atoms with Crippen molar-refractivity contribution in [3.05, 3.63) is 58.1 Å². The summed E-state index contributed by atoms with van der Waals surface area (Å²) < 4.78 is 62.1. The molecule has 0 saturated heterocycles. The molecule has 0 unspecified atom stereocenters. The fourth-order valence-corrected chi connectivity index (χ4v) is 5.96. The maximum absolute atomic E-state index is 13.7. The van der Waals surface area contributed by atoms with Crippen molar-refractivity contribution in [2.24, 2.45) is 0 Å². The summed E-state index contributed by atoms with van der Waals surface area (Å²) in [6, 6.07) is 8.20. The van der Waals surface area contributed by atoms with E-state index in [2.05, 4.69) is 0 Å². The molecule has 0 fully saturated rings. The summed E-state index contributed by atoms with van der Waals surface area (Å²) in [5.41, 5.74) is 0.842. The molecule has 0 bridgehead atoms. The van der Waals surface area contributed by atoms with Crippen molar-refractivity contribution in [3.8, 4) is 0 Å². The van der Waals surface area contributed by atoms with Gasteiger partial charge in [0.15, 0.2) is 12.2 Å². The monoisotopic (exact) mass is 455 g/mol. The van der Waals surface area contributed by atoms with Gasteiger partial charge in [0.25, 0.3) is 15.1 Å². The smallest absolute Gasteiger partial charge is 0.283 e. The fraction of sp³-hybridized carbons (Fsp3) is 0.111. The predicted octanol–water partition coefficient (Wildman–Crippen LogP) is 3.42. The van der Waals surface area contributed by atoms with E-state index in [9.17, 15) is 26.5 Å². The van der Waals surface area contributed by atoms with Crippen LogP contribution in [0, 0.1) is 11.6 Å². The predicted molar refractivity (Wildman–Crippen MR) is 107 cm³/mol. The van der Waals surface area contributed by atoms with E-state index in [0.717, 1.165) is 4.70 Å². The molecule has 0 amide bonds. The van der Waals surface area contributed by atoms with Crippen molar-refractivity contribution in [1.29, 1.82) is 0 Å². The molecule has 3 aromatic rings. The zero-order valence-electron chi connectivity index (χ0n) is 14.6. The van der Waals surface area contributed by atoms with E-state index < -0.39 is 27.6 Å². The Morgan fingerprint density at radius 1 is 1.14 bits per heavy atom. The zero-order chi connectivity index (χ0) is 20.8. The van der Waals surface area contributed by atoms with E-state index in [1.54, 1.807) is 16.7 Å². The maximum atomic E-state index is 13.7. The summed E-state index contributed by atoms with van der Waals surface area (Å²) in [6.07, 6.45) is 2.32. The van der Waals surface area contributed by atoms with Gasteiger partial charge in [-0.25, -0.2) is 8.78 Å². The SMILES string of the molecule is O=CC[n+]1c(C=C2Sc3ccc(F)cc3N2CS(=O)(=O)O)sc2ccc(F)cc21. The van der Waals surface area contributed by atoms with Crippen LogP contribution in [-0.2, 0) is 21.5 Å². The second-order valence-electron chi connectivity index (χ2n) is 6.17. The average Bonchev–Trinajstić information content (AvgIpc) is 3.13. The van der Waals surface area contributed by atoms with E-state index in [-0.39, 0.29) is 6.54 Å². The van der Waals surface area contributed by atoms with Crippen molar-refractivity contribution in [3.63, 3.8) is 0 Å². The quantitative estimate of drug-likeness (QED) is 0.361. The largest absolute Gasteiger partial charge is 0.317 e. The molecule has 0 saturated carbocycles. The molecule has 29 heavy (non-hydrogen) atoms. The van der Waals surface area contributed by atoms with Crippen molar-refractivity contribution in [2.45, 2.75) is 11.4 Å². The minimum atomic E-state index is -4.40. The van der Waals surface area contributed by atoms with Gasteiger partial charge >= 0.3 is 0 Å². The Bertz CT molecular complexity index is 1270. The highest BCUT2D eigenvalue weighted by atomic mass is 32.2. The fourth-order valence-electron chi connectivity index (χ4n) is 3.03. The number of benzene rings is 2. The molecule has 1 N–H and O–H groups in total. The molecule has 0 radical (unpaired) electrons. The number of anilines is 1. The average molecular weight is 456 g/mol. The number of hydrogen-bond donors (Lipinski definition) is 1. The van der Waals surface area contributed by atoms with Crippen LogP contribution in [0.2, 0.25) is 0 Å². The summed E-state index contributed by atoms with van der Waals surface area (Å²) in [4.78, 5) is 13.1. The lowest BCUT2D eigenvalue weighted by atomic mass is 10.3. The van der Waals surface area contributed by atoms with Crippen LogP contribution in [0.4, 0.5) is 14.5 Å². The third-order valence-electron chi connectivity index (χ3n) is 4.18. The number of hydrogen-bond acceptors (Lipinski definition) is 6. The van der Waals surface area contributed by atoms with Crippen LogP contribution in [0.3, 0.4) is 0 Å². The Morgan fingerprint density at radius 3 is 2.59 bits per heavy atom. The van der Waals surface area contributed by atoms with Crippen LogP contribution in [0.1, 0.15) is 5.01 Å². The minimum absolute atomic E-state index is 0.0207. The highest BCUT2D eigenvalue weighted by Gasteiger charge is 2.31. The molecule has 1 aliphatic heterocycles. The van der Waals surface area contributed by atoms with Crippen molar-refractivity contribution in [2.75, 3.05) is 10.8 Å². The summed E-state index contributed by atoms with van der Waals surface area (Å²) >= 11 is 2.50. The third kappa shape index (κ3) is 4.04. The lowest BCUT2D eigenvalue weighted by molar-refractivity contribution is -0.654. The van der Waals surface area contributed by atoms with Crippen LogP contribution < -0.4 is 9.47 Å². The molecule has 0 aliphatic carbocycles. The molecule has 0 atom stereocenters. The van der Waals surface area contributed by atoms with Crippen LogP contribution >= 0.6 is 23.1 Å². The van der Waals surface area contributed by atoms with Crippen LogP contribution in [-0.4, -0.2) is 25.1 Å². The molecular formula is C18H13F2N2O4S3+. The van der Waals surface area contributed by atoms with Gasteiger partial charge in [0, 0.05) is 11.0 Å². The first-order valence-corrected chi connectivity index (χ1v) is 11.5. The van der Waals surface area contributed by atoms with E-state index in [4.69, 9.17) is 0 Å². The first kappa shape index (κ1) is 20.0. The number of thioether (sulfide) groups is 1. The van der Waals surface area contributed by atoms with Gasteiger partial charge < -0.3 is 4.90 Å². The van der Waals surface area contributed by atoms with E-state index in [0.29, 0.717) is 32.4 Å². The van der Waals surface area contributed by atoms with Crippen LogP contribution in [0.15, 0.2) is 46.3 Å². The van der Waals surface area contributed by atoms with E-state index in [1.165, 1.54) is 58.3 Å². The number of thiazole rings is 1. The Labute approximate surface area is 172 Å². The molecule has 1 aromatic heterocycles. The second-order valence-corrected chi connectivity index (χ2v) is 9.71. The summed E-state index contributed by atoms with van der Waals surface area (Å²) in [7, 11) is -4.40.